The van der Waals surface area contributed by atoms with Crippen LogP contribution in [0.15, 0.2) is 24.3 Å². The van der Waals surface area contributed by atoms with Gasteiger partial charge in [0.15, 0.2) is 0 Å². The third-order valence-electron chi connectivity index (χ3n) is 3.29. The first kappa shape index (κ1) is 12.6. The number of benzene rings is 1. The normalized spacial score (nSPS) is 21.3. The molecule has 1 aromatic carbocycles. The molecule has 2 N–H and O–H groups in total. The molecule has 0 fully saturated rings. The second kappa shape index (κ2) is 4.77. The zero-order valence-corrected chi connectivity index (χ0v) is 10.6. The van der Waals surface area contributed by atoms with E-state index in [9.17, 15) is 10.2 Å². The lowest BCUT2D eigenvalue weighted by molar-refractivity contribution is 0.00562. The van der Waals surface area contributed by atoms with Gasteiger partial charge in [-0.3, -0.25) is 4.90 Å². The Kier molecular flexibility index (Phi) is 3.52. The molecular formula is C14H21NO2. The summed E-state index contributed by atoms with van der Waals surface area (Å²) in [7, 11) is 0. The van der Waals surface area contributed by atoms with Crippen LogP contribution in [0, 0.1) is 0 Å². The van der Waals surface area contributed by atoms with Crippen molar-refractivity contribution in [3.8, 4) is 0 Å². The summed E-state index contributed by atoms with van der Waals surface area (Å²) in [5, 5.41) is 19.5. The van der Waals surface area contributed by atoms with Crippen molar-refractivity contribution in [1.82, 2.24) is 4.90 Å². The van der Waals surface area contributed by atoms with Crippen LogP contribution in [-0.2, 0) is 6.42 Å². The molecule has 0 aromatic heterocycles. The molecule has 1 heterocycles. The third kappa shape index (κ3) is 2.86. The molecule has 0 bridgehead atoms. The summed E-state index contributed by atoms with van der Waals surface area (Å²) in [6.45, 7) is 5.20. The van der Waals surface area contributed by atoms with Gasteiger partial charge in [-0.05, 0) is 31.4 Å². The molecule has 94 valence electrons. The standard InChI is InChI=1S/C14H21NO2/c1-14(2,17)10-15-8-7-11-5-3-4-6-12(11)13(15)9-16/h3-6,13,16-17H,7-10H2,1-2H3/t13-/m1/s1. The Balaban J connectivity index is 2.23. The van der Waals surface area contributed by atoms with E-state index in [1.807, 2.05) is 26.0 Å². The predicted octanol–water partition coefficient (Wildman–Crippen LogP) is 1.35. The molecule has 1 atom stereocenters. The number of hydrogen-bond acceptors (Lipinski definition) is 3. The Morgan fingerprint density at radius 1 is 1.35 bits per heavy atom. The molecule has 1 aromatic rings. The van der Waals surface area contributed by atoms with Crippen LogP contribution >= 0.6 is 0 Å². The van der Waals surface area contributed by atoms with Crippen LogP contribution in [0.25, 0.3) is 0 Å². The highest BCUT2D eigenvalue weighted by atomic mass is 16.3. The maximum atomic E-state index is 9.91. The van der Waals surface area contributed by atoms with Crippen molar-refractivity contribution in [3.05, 3.63) is 35.4 Å². The second-order valence-electron chi connectivity index (χ2n) is 5.43. The number of nitrogens with zero attached hydrogens (tertiary/aromatic N) is 1. The van der Waals surface area contributed by atoms with E-state index in [-0.39, 0.29) is 12.6 Å². The Morgan fingerprint density at radius 3 is 2.71 bits per heavy atom. The second-order valence-corrected chi connectivity index (χ2v) is 5.43. The van der Waals surface area contributed by atoms with Crippen LogP contribution in [0.4, 0.5) is 0 Å². The van der Waals surface area contributed by atoms with Crippen molar-refractivity contribution in [2.75, 3.05) is 19.7 Å². The molecule has 0 amide bonds. The van der Waals surface area contributed by atoms with Gasteiger partial charge in [0.05, 0.1) is 18.2 Å². The summed E-state index contributed by atoms with van der Waals surface area (Å²) in [4.78, 5) is 2.17. The molecule has 0 saturated heterocycles. The van der Waals surface area contributed by atoms with E-state index in [1.54, 1.807) is 0 Å². The largest absolute Gasteiger partial charge is 0.394 e. The summed E-state index contributed by atoms with van der Waals surface area (Å²) in [6.07, 6.45) is 0.989. The lowest BCUT2D eigenvalue weighted by Crippen LogP contribution is -2.45. The summed E-state index contributed by atoms with van der Waals surface area (Å²) in [6, 6.07) is 8.27. The molecular weight excluding hydrogens is 214 g/mol. The molecule has 2 rings (SSSR count). The molecule has 0 saturated carbocycles. The molecule has 0 radical (unpaired) electrons. The number of β-amino-alcohol motifs (C(OH)–C–C–N with tert-alkyl or cyclic N) is 1. The molecule has 0 aliphatic carbocycles. The highest BCUT2D eigenvalue weighted by Gasteiger charge is 2.29. The quantitative estimate of drug-likeness (QED) is 0.831. The topological polar surface area (TPSA) is 43.7 Å². The Bertz CT molecular complexity index is 384. The monoisotopic (exact) mass is 235 g/mol. The van der Waals surface area contributed by atoms with Gasteiger partial charge >= 0.3 is 0 Å². The summed E-state index contributed by atoms with van der Waals surface area (Å²) in [5.41, 5.74) is 1.80. The van der Waals surface area contributed by atoms with Gasteiger partial charge in [0.25, 0.3) is 0 Å². The van der Waals surface area contributed by atoms with Crippen molar-refractivity contribution >= 4 is 0 Å². The maximum Gasteiger partial charge on any atom is 0.0718 e. The predicted molar refractivity (Wildman–Crippen MR) is 67.8 cm³/mol. The molecule has 1 aliphatic heterocycles. The Hall–Kier alpha value is -0.900. The lowest BCUT2D eigenvalue weighted by Gasteiger charge is -2.39. The van der Waals surface area contributed by atoms with Gasteiger partial charge in [-0.25, -0.2) is 0 Å². The van der Waals surface area contributed by atoms with E-state index in [0.717, 1.165) is 13.0 Å². The van der Waals surface area contributed by atoms with Crippen molar-refractivity contribution < 1.29 is 10.2 Å². The zero-order valence-electron chi connectivity index (χ0n) is 10.6. The number of aliphatic hydroxyl groups is 2. The minimum Gasteiger partial charge on any atom is -0.394 e. The fraction of sp³-hybridized carbons (Fsp3) is 0.571. The van der Waals surface area contributed by atoms with Crippen LogP contribution in [0.1, 0.15) is 31.0 Å². The molecule has 3 heteroatoms. The summed E-state index contributed by atoms with van der Waals surface area (Å²) >= 11 is 0. The van der Waals surface area contributed by atoms with E-state index >= 15 is 0 Å². The molecule has 0 spiro atoms. The van der Waals surface area contributed by atoms with Crippen molar-refractivity contribution in [3.63, 3.8) is 0 Å². The van der Waals surface area contributed by atoms with Crippen LogP contribution in [-0.4, -0.2) is 40.4 Å². The average Bonchev–Trinajstić information content (AvgIpc) is 2.27. The first-order valence-electron chi connectivity index (χ1n) is 6.16. The Morgan fingerprint density at radius 2 is 2.06 bits per heavy atom. The first-order chi connectivity index (χ1) is 8.01. The Labute approximate surface area is 103 Å². The van der Waals surface area contributed by atoms with Crippen LogP contribution in [0.5, 0.6) is 0 Å². The fourth-order valence-corrected chi connectivity index (χ4v) is 2.60. The van der Waals surface area contributed by atoms with Crippen LogP contribution < -0.4 is 0 Å². The third-order valence-corrected chi connectivity index (χ3v) is 3.29. The molecule has 0 unspecified atom stereocenters. The SMILES string of the molecule is CC(C)(O)CN1CCc2ccccc2[C@H]1CO. The molecule has 3 nitrogen and oxygen atoms in total. The van der Waals surface area contributed by atoms with E-state index in [1.165, 1.54) is 11.1 Å². The smallest absolute Gasteiger partial charge is 0.0718 e. The van der Waals surface area contributed by atoms with Crippen molar-refractivity contribution in [2.45, 2.75) is 31.9 Å². The molecule has 17 heavy (non-hydrogen) atoms. The summed E-state index contributed by atoms with van der Waals surface area (Å²) in [5.74, 6) is 0. The van der Waals surface area contributed by atoms with Gasteiger partial charge in [-0.2, -0.15) is 0 Å². The van der Waals surface area contributed by atoms with Gasteiger partial charge in [0.1, 0.15) is 0 Å². The minimum absolute atomic E-state index is 0.0198. The van der Waals surface area contributed by atoms with Crippen LogP contribution in [0.3, 0.4) is 0 Å². The van der Waals surface area contributed by atoms with Gasteiger partial charge in [0, 0.05) is 13.1 Å². The highest BCUT2D eigenvalue weighted by Crippen LogP contribution is 2.30. The van der Waals surface area contributed by atoms with E-state index in [4.69, 9.17) is 0 Å². The maximum absolute atomic E-state index is 9.91. The van der Waals surface area contributed by atoms with Crippen molar-refractivity contribution in [2.24, 2.45) is 0 Å². The fourth-order valence-electron chi connectivity index (χ4n) is 2.60. The minimum atomic E-state index is -0.723. The van der Waals surface area contributed by atoms with E-state index in [0.29, 0.717) is 6.54 Å². The number of aliphatic hydroxyl groups excluding tert-OH is 1. The van der Waals surface area contributed by atoms with Gasteiger partial charge in [-0.1, -0.05) is 24.3 Å². The lowest BCUT2D eigenvalue weighted by atomic mass is 9.92. The van der Waals surface area contributed by atoms with E-state index in [2.05, 4.69) is 17.0 Å². The first-order valence-corrected chi connectivity index (χ1v) is 6.16. The van der Waals surface area contributed by atoms with Crippen molar-refractivity contribution in [1.29, 1.82) is 0 Å². The number of hydrogen-bond donors (Lipinski definition) is 2. The van der Waals surface area contributed by atoms with Gasteiger partial charge < -0.3 is 10.2 Å². The number of fused-ring (bicyclic) bond motifs is 1. The highest BCUT2D eigenvalue weighted by molar-refractivity contribution is 5.32. The number of rotatable bonds is 3. The van der Waals surface area contributed by atoms with E-state index < -0.39 is 5.60 Å². The van der Waals surface area contributed by atoms with Gasteiger partial charge in [0.2, 0.25) is 0 Å². The average molecular weight is 235 g/mol. The summed E-state index contributed by atoms with van der Waals surface area (Å²) < 4.78 is 0. The molecule has 1 aliphatic rings. The zero-order chi connectivity index (χ0) is 12.5. The van der Waals surface area contributed by atoms with Gasteiger partial charge in [-0.15, -0.1) is 0 Å². The van der Waals surface area contributed by atoms with Crippen LogP contribution in [0.2, 0.25) is 0 Å².